The number of allylic oxidation sites excluding steroid dienone is 1. The number of aromatic nitrogens is 2. The number of nitrogens with one attached hydrogen (secondary N) is 1. The van der Waals surface area contributed by atoms with Gasteiger partial charge in [-0.25, -0.2) is 0 Å². The molecule has 3 nitrogen and oxygen atoms in total. The molecule has 0 aliphatic heterocycles. The van der Waals surface area contributed by atoms with Gasteiger partial charge >= 0.3 is 0 Å². The molecule has 5 aromatic carbocycles. The van der Waals surface area contributed by atoms with Gasteiger partial charge in [0.15, 0.2) is 0 Å². The molecule has 0 aliphatic carbocycles. The number of rotatable bonds is 8. The van der Waals surface area contributed by atoms with Crippen LogP contribution in [0.3, 0.4) is 0 Å². The van der Waals surface area contributed by atoms with E-state index in [1.807, 2.05) is 24.4 Å². The molecule has 0 amide bonds. The second-order valence-electron chi connectivity index (χ2n) is 10.9. The quantitative estimate of drug-likeness (QED) is 0.202. The van der Waals surface area contributed by atoms with E-state index in [-0.39, 0.29) is 6.04 Å². The lowest BCUT2D eigenvalue weighted by molar-refractivity contribution is 0.699. The van der Waals surface area contributed by atoms with Crippen molar-refractivity contribution in [3.63, 3.8) is 0 Å². The average molecular weight is 556 g/mol. The molecule has 2 heterocycles. The van der Waals surface area contributed by atoms with Crippen molar-refractivity contribution in [2.75, 3.05) is 0 Å². The predicted octanol–water partition coefficient (Wildman–Crippen LogP) is 9.78. The number of hydrogen-bond donors (Lipinski definition) is 1. The van der Waals surface area contributed by atoms with Crippen LogP contribution in [0.4, 0.5) is 0 Å². The van der Waals surface area contributed by atoms with E-state index in [9.17, 15) is 0 Å². The Hall–Kier alpha value is -5.41. The fourth-order valence-electron chi connectivity index (χ4n) is 5.87. The van der Waals surface area contributed by atoms with Gasteiger partial charge < -0.3 is 9.88 Å². The second-order valence-corrected chi connectivity index (χ2v) is 10.9. The van der Waals surface area contributed by atoms with E-state index >= 15 is 0 Å². The smallest absolute Gasteiger partial charge is 0.0701 e. The first-order valence-electron chi connectivity index (χ1n) is 14.9. The molecule has 0 spiro atoms. The lowest BCUT2D eigenvalue weighted by Crippen LogP contribution is -2.17. The average Bonchev–Trinajstić information content (AvgIpc) is 3.42. The number of pyridine rings is 1. The number of fused-ring (bicyclic) bond motifs is 3. The third kappa shape index (κ3) is 5.45. The SMILES string of the molecule is CC(N/C(=C\Cc1ccc(-n2c3ccccc3c3ccccc32)cc1)c1ccc(-c2ccccn2)cc1)c1ccccc1. The lowest BCUT2D eigenvalue weighted by atomic mass is 10.0. The Morgan fingerprint density at radius 3 is 1.95 bits per heavy atom. The summed E-state index contributed by atoms with van der Waals surface area (Å²) in [4.78, 5) is 4.51. The molecule has 0 saturated carbocycles. The van der Waals surface area contributed by atoms with Crippen LogP contribution in [-0.2, 0) is 6.42 Å². The number of nitrogens with zero attached hydrogens (tertiary/aromatic N) is 2. The highest BCUT2D eigenvalue weighted by Gasteiger charge is 2.12. The zero-order valence-corrected chi connectivity index (χ0v) is 24.2. The molecule has 1 N–H and O–H groups in total. The molecule has 2 aromatic heterocycles. The summed E-state index contributed by atoms with van der Waals surface area (Å²) in [5.41, 5.74) is 10.5. The molecule has 0 radical (unpaired) electrons. The molecule has 0 aliphatic rings. The first kappa shape index (κ1) is 26.5. The van der Waals surface area contributed by atoms with Gasteiger partial charge in [0.2, 0.25) is 0 Å². The van der Waals surface area contributed by atoms with E-state index in [1.54, 1.807) is 0 Å². The minimum atomic E-state index is 0.167. The van der Waals surface area contributed by atoms with Crippen molar-refractivity contribution in [3.05, 3.63) is 175 Å². The minimum absolute atomic E-state index is 0.167. The monoisotopic (exact) mass is 555 g/mol. The maximum absolute atomic E-state index is 4.51. The Morgan fingerprint density at radius 1 is 0.674 bits per heavy atom. The maximum Gasteiger partial charge on any atom is 0.0701 e. The van der Waals surface area contributed by atoms with Gasteiger partial charge in [0.25, 0.3) is 0 Å². The molecule has 7 aromatic rings. The number of benzene rings is 5. The summed E-state index contributed by atoms with van der Waals surface area (Å²) >= 11 is 0. The Bertz CT molecular complexity index is 1950. The molecule has 0 fully saturated rings. The van der Waals surface area contributed by atoms with Crippen LogP contribution in [0.25, 0.3) is 44.4 Å². The van der Waals surface area contributed by atoms with E-state index < -0.39 is 0 Å². The summed E-state index contributed by atoms with van der Waals surface area (Å²) in [5.74, 6) is 0. The Kier molecular flexibility index (Phi) is 7.29. The summed E-state index contributed by atoms with van der Waals surface area (Å²) in [7, 11) is 0. The zero-order valence-electron chi connectivity index (χ0n) is 24.2. The van der Waals surface area contributed by atoms with Crippen LogP contribution in [0.1, 0.15) is 29.7 Å². The molecule has 208 valence electrons. The molecule has 43 heavy (non-hydrogen) atoms. The van der Waals surface area contributed by atoms with Crippen molar-refractivity contribution in [2.45, 2.75) is 19.4 Å². The summed E-state index contributed by atoms with van der Waals surface area (Å²) in [6, 6.07) is 51.7. The normalized spacial score (nSPS) is 12.4. The molecule has 0 bridgehead atoms. The van der Waals surface area contributed by atoms with Gasteiger partial charge in [-0.1, -0.05) is 115 Å². The molecule has 3 heteroatoms. The number of para-hydroxylation sites is 2. The summed E-state index contributed by atoms with van der Waals surface area (Å²) in [5, 5.41) is 6.35. The highest BCUT2D eigenvalue weighted by Crippen LogP contribution is 2.32. The van der Waals surface area contributed by atoms with Gasteiger partial charge in [-0.3, -0.25) is 4.98 Å². The van der Waals surface area contributed by atoms with Gasteiger partial charge in [-0.05, 0) is 66.4 Å². The molecule has 1 unspecified atom stereocenters. The topological polar surface area (TPSA) is 29.9 Å². The van der Waals surface area contributed by atoms with Crippen LogP contribution in [0, 0.1) is 0 Å². The summed E-state index contributed by atoms with van der Waals surface area (Å²) < 4.78 is 2.36. The van der Waals surface area contributed by atoms with Crippen LogP contribution in [0.5, 0.6) is 0 Å². The minimum Gasteiger partial charge on any atom is -0.378 e. The van der Waals surface area contributed by atoms with Crippen LogP contribution < -0.4 is 5.32 Å². The predicted molar refractivity (Wildman–Crippen MR) is 180 cm³/mol. The second kappa shape index (κ2) is 11.8. The van der Waals surface area contributed by atoms with Gasteiger partial charge in [0.05, 0.1) is 16.7 Å². The summed E-state index contributed by atoms with van der Waals surface area (Å²) in [6.07, 6.45) is 4.97. The molecular weight excluding hydrogens is 522 g/mol. The van der Waals surface area contributed by atoms with Crippen molar-refractivity contribution >= 4 is 27.5 Å². The Morgan fingerprint density at radius 2 is 1.30 bits per heavy atom. The third-order valence-electron chi connectivity index (χ3n) is 8.14. The molecule has 7 rings (SSSR count). The first-order chi connectivity index (χ1) is 21.2. The van der Waals surface area contributed by atoms with Gasteiger partial charge in [-0.15, -0.1) is 0 Å². The largest absolute Gasteiger partial charge is 0.378 e. The first-order valence-corrected chi connectivity index (χ1v) is 14.9. The maximum atomic E-state index is 4.51. The van der Waals surface area contributed by atoms with Gasteiger partial charge in [0.1, 0.15) is 0 Å². The molecule has 1 atom stereocenters. The van der Waals surface area contributed by atoms with E-state index in [1.165, 1.54) is 38.6 Å². The van der Waals surface area contributed by atoms with Crippen molar-refractivity contribution in [2.24, 2.45) is 0 Å². The van der Waals surface area contributed by atoms with Gasteiger partial charge in [0, 0.05) is 40.0 Å². The third-order valence-corrected chi connectivity index (χ3v) is 8.14. The highest BCUT2D eigenvalue weighted by atomic mass is 15.0. The Balaban J connectivity index is 1.19. The zero-order chi connectivity index (χ0) is 29.0. The fourth-order valence-corrected chi connectivity index (χ4v) is 5.87. The highest BCUT2D eigenvalue weighted by molar-refractivity contribution is 6.09. The Labute approximate surface area is 252 Å². The lowest BCUT2D eigenvalue weighted by Gasteiger charge is -2.19. The van der Waals surface area contributed by atoms with Crippen LogP contribution in [-0.4, -0.2) is 9.55 Å². The van der Waals surface area contributed by atoms with Crippen molar-refractivity contribution in [1.29, 1.82) is 0 Å². The van der Waals surface area contributed by atoms with Crippen molar-refractivity contribution in [3.8, 4) is 16.9 Å². The molecule has 0 saturated heterocycles. The van der Waals surface area contributed by atoms with Crippen LogP contribution >= 0.6 is 0 Å². The van der Waals surface area contributed by atoms with Crippen LogP contribution in [0.2, 0.25) is 0 Å². The van der Waals surface area contributed by atoms with Gasteiger partial charge in [-0.2, -0.15) is 0 Å². The van der Waals surface area contributed by atoms with E-state index in [0.29, 0.717) is 0 Å². The van der Waals surface area contributed by atoms with E-state index in [4.69, 9.17) is 0 Å². The van der Waals surface area contributed by atoms with Crippen molar-refractivity contribution < 1.29 is 0 Å². The van der Waals surface area contributed by atoms with Crippen molar-refractivity contribution in [1.82, 2.24) is 14.9 Å². The molecular formula is C40H33N3. The van der Waals surface area contributed by atoms with E-state index in [2.05, 4.69) is 155 Å². The standard InChI is InChI=1S/C40H33N3/c1-29(31-11-3-2-4-12-31)42-38(33-23-21-32(22-24-33)37-15-9-10-28-41-37)27-20-30-18-25-34(26-19-30)43-39-16-7-5-13-35(39)36-14-6-8-17-40(36)43/h2-19,21-29,42H,20H2,1H3/b38-27-. The van der Waals surface area contributed by atoms with Crippen LogP contribution in [0.15, 0.2) is 158 Å². The van der Waals surface area contributed by atoms with E-state index in [0.717, 1.165) is 28.9 Å². The number of hydrogen-bond acceptors (Lipinski definition) is 2. The fraction of sp³-hybridized carbons (Fsp3) is 0.0750. The summed E-state index contributed by atoms with van der Waals surface area (Å²) in [6.45, 7) is 2.21.